The van der Waals surface area contributed by atoms with Crippen molar-refractivity contribution in [3.05, 3.63) is 41.4 Å². The lowest BCUT2D eigenvalue weighted by Gasteiger charge is -2.26. The van der Waals surface area contributed by atoms with Crippen LogP contribution in [-0.4, -0.2) is 31.1 Å². The number of likely N-dealkylation sites (tertiary alicyclic amines) is 1. The summed E-state index contributed by atoms with van der Waals surface area (Å²) in [5.74, 6) is 0.938. The van der Waals surface area contributed by atoms with E-state index in [0.717, 1.165) is 42.3 Å². The maximum atomic E-state index is 6.02. The average molecular weight is 294 g/mol. The highest BCUT2D eigenvalue weighted by molar-refractivity contribution is 6.30. The highest BCUT2D eigenvalue weighted by atomic mass is 35.5. The second-order valence-corrected chi connectivity index (χ2v) is 5.79. The molecule has 1 fully saturated rings. The number of halogens is 1. The van der Waals surface area contributed by atoms with Gasteiger partial charge in [-0.25, -0.2) is 0 Å². The molecular weight excluding hydrogens is 270 g/mol. The number of ether oxygens (including phenoxy) is 1. The second-order valence-electron chi connectivity index (χ2n) is 5.35. The van der Waals surface area contributed by atoms with Crippen molar-refractivity contribution in [3.63, 3.8) is 0 Å². The lowest BCUT2D eigenvalue weighted by atomic mass is 10.1. The van der Waals surface area contributed by atoms with Crippen molar-refractivity contribution < 1.29 is 4.74 Å². The lowest BCUT2D eigenvalue weighted by Crippen LogP contribution is -2.31. The Labute approximate surface area is 127 Å². The first kappa shape index (κ1) is 15.4. The van der Waals surface area contributed by atoms with E-state index in [4.69, 9.17) is 16.3 Å². The van der Waals surface area contributed by atoms with Gasteiger partial charge in [0.15, 0.2) is 0 Å². The van der Waals surface area contributed by atoms with Crippen LogP contribution in [0, 0.1) is 0 Å². The van der Waals surface area contributed by atoms with Crippen molar-refractivity contribution in [3.8, 4) is 5.75 Å². The molecule has 0 N–H and O–H groups in total. The fourth-order valence-electron chi connectivity index (χ4n) is 2.66. The van der Waals surface area contributed by atoms with Crippen LogP contribution in [0.4, 0.5) is 0 Å². The zero-order valence-electron chi connectivity index (χ0n) is 12.1. The molecule has 20 heavy (non-hydrogen) atoms. The Kier molecular flexibility index (Phi) is 6.41. The van der Waals surface area contributed by atoms with Crippen LogP contribution in [0.3, 0.4) is 0 Å². The van der Waals surface area contributed by atoms with Gasteiger partial charge in [0.2, 0.25) is 0 Å². The van der Waals surface area contributed by atoms with Crippen molar-refractivity contribution in [2.45, 2.75) is 32.1 Å². The zero-order valence-corrected chi connectivity index (χ0v) is 12.9. The summed E-state index contributed by atoms with van der Waals surface area (Å²) in [6, 6.07) is 5.80. The number of allylic oxidation sites excluding steroid dienone is 1. The predicted molar refractivity (Wildman–Crippen MR) is 85.8 cm³/mol. The topological polar surface area (TPSA) is 12.5 Å². The van der Waals surface area contributed by atoms with Crippen molar-refractivity contribution in [1.29, 1.82) is 0 Å². The maximum absolute atomic E-state index is 6.02. The van der Waals surface area contributed by atoms with Gasteiger partial charge in [-0.2, -0.15) is 0 Å². The summed E-state index contributed by atoms with van der Waals surface area (Å²) in [5.41, 5.74) is 1.12. The molecule has 0 saturated carbocycles. The monoisotopic (exact) mass is 293 g/mol. The Balaban J connectivity index is 1.76. The number of hydrogen-bond acceptors (Lipinski definition) is 2. The van der Waals surface area contributed by atoms with Crippen LogP contribution in [-0.2, 0) is 6.42 Å². The fraction of sp³-hybridized carbons (Fsp3) is 0.529. The molecule has 1 aromatic rings. The molecule has 0 bridgehead atoms. The largest absolute Gasteiger partial charge is 0.493 e. The first-order valence-corrected chi connectivity index (χ1v) is 7.92. The van der Waals surface area contributed by atoms with E-state index in [1.807, 2.05) is 24.3 Å². The number of piperidine rings is 1. The molecular formula is C17H24ClNO. The minimum Gasteiger partial charge on any atom is -0.493 e. The van der Waals surface area contributed by atoms with E-state index < -0.39 is 0 Å². The third-order valence-electron chi connectivity index (χ3n) is 3.71. The Morgan fingerprint density at radius 3 is 2.80 bits per heavy atom. The first-order valence-electron chi connectivity index (χ1n) is 7.54. The molecule has 1 aromatic carbocycles. The van der Waals surface area contributed by atoms with Gasteiger partial charge in [-0.15, -0.1) is 6.58 Å². The third kappa shape index (κ3) is 4.84. The second kappa shape index (κ2) is 8.33. The summed E-state index contributed by atoms with van der Waals surface area (Å²) in [5, 5.41) is 0.752. The van der Waals surface area contributed by atoms with Crippen LogP contribution < -0.4 is 4.74 Å². The van der Waals surface area contributed by atoms with Gasteiger partial charge in [0.1, 0.15) is 5.75 Å². The molecule has 1 aliphatic heterocycles. The highest BCUT2D eigenvalue weighted by Gasteiger charge is 2.09. The van der Waals surface area contributed by atoms with Crippen LogP contribution in [0.5, 0.6) is 5.75 Å². The summed E-state index contributed by atoms with van der Waals surface area (Å²) in [7, 11) is 0. The normalized spacial score (nSPS) is 16.1. The summed E-state index contributed by atoms with van der Waals surface area (Å²) >= 11 is 6.02. The van der Waals surface area contributed by atoms with E-state index in [1.54, 1.807) is 0 Å². The Bertz CT molecular complexity index is 427. The van der Waals surface area contributed by atoms with Crippen molar-refractivity contribution in [2.24, 2.45) is 0 Å². The van der Waals surface area contributed by atoms with E-state index >= 15 is 0 Å². The molecule has 1 heterocycles. The van der Waals surface area contributed by atoms with Gasteiger partial charge in [0, 0.05) is 11.6 Å². The summed E-state index contributed by atoms with van der Waals surface area (Å²) in [6.07, 6.45) is 7.84. The zero-order chi connectivity index (χ0) is 14.2. The number of hydrogen-bond donors (Lipinski definition) is 0. The van der Waals surface area contributed by atoms with Crippen LogP contribution in [0.25, 0.3) is 0 Å². The quantitative estimate of drug-likeness (QED) is 0.548. The maximum Gasteiger partial charge on any atom is 0.122 e. The fourth-order valence-corrected chi connectivity index (χ4v) is 2.85. The highest BCUT2D eigenvalue weighted by Crippen LogP contribution is 2.23. The Morgan fingerprint density at radius 2 is 2.05 bits per heavy atom. The molecule has 0 atom stereocenters. The summed E-state index contributed by atoms with van der Waals surface area (Å²) in [4.78, 5) is 2.54. The smallest absolute Gasteiger partial charge is 0.122 e. The van der Waals surface area contributed by atoms with Crippen LogP contribution in [0.1, 0.15) is 31.2 Å². The molecule has 2 nitrogen and oxygen atoms in total. The molecule has 2 rings (SSSR count). The SMILES string of the molecule is C=CCc1cc(Cl)ccc1OCCCN1CCCCC1. The molecule has 0 spiro atoms. The molecule has 0 amide bonds. The molecule has 0 aliphatic carbocycles. The van der Waals surface area contributed by atoms with E-state index in [-0.39, 0.29) is 0 Å². The van der Waals surface area contributed by atoms with Gasteiger partial charge in [-0.05, 0) is 62.5 Å². The molecule has 1 saturated heterocycles. The minimum absolute atomic E-state index is 0.752. The average Bonchev–Trinajstić information content (AvgIpc) is 2.47. The number of nitrogens with zero attached hydrogens (tertiary/aromatic N) is 1. The van der Waals surface area contributed by atoms with Gasteiger partial charge in [-0.3, -0.25) is 0 Å². The summed E-state index contributed by atoms with van der Waals surface area (Å²) < 4.78 is 5.90. The Morgan fingerprint density at radius 1 is 1.25 bits per heavy atom. The first-order chi connectivity index (χ1) is 9.79. The van der Waals surface area contributed by atoms with E-state index in [2.05, 4.69) is 11.5 Å². The van der Waals surface area contributed by atoms with Gasteiger partial charge < -0.3 is 9.64 Å². The molecule has 0 radical (unpaired) electrons. The van der Waals surface area contributed by atoms with E-state index in [1.165, 1.54) is 32.4 Å². The lowest BCUT2D eigenvalue weighted by molar-refractivity contribution is 0.204. The van der Waals surface area contributed by atoms with Crippen molar-refractivity contribution in [1.82, 2.24) is 4.90 Å². The van der Waals surface area contributed by atoms with E-state index in [0.29, 0.717) is 0 Å². The summed E-state index contributed by atoms with van der Waals surface area (Å²) in [6.45, 7) is 8.19. The van der Waals surface area contributed by atoms with Gasteiger partial charge in [-0.1, -0.05) is 24.1 Å². The van der Waals surface area contributed by atoms with Crippen LogP contribution in [0.15, 0.2) is 30.9 Å². The van der Waals surface area contributed by atoms with Gasteiger partial charge >= 0.3 is 0 Å². The molecule has 1 aliphatic rings. The third-order valence-corrected chi connectivity index (χ3v) is 3.95. The molecule has 110 valence electrons. The number of benzene rings is 1. The predicted octanol–water partition coefficient (Wildman–Crippen LogP) is 4.32. The van der Waals surface area contributed by atoms with Crippen molar-refractivity contribution in [2.75, 3.05) is 26.2 Å². The molecule has 0 aromatic heterocycles. The Hall–Kier alpha value is -0.990. The standard InChI is InChI=1S/C17H24ClNO/c1-2-7-15-14-16(18)8-9-17(15)20-13-6-12-19-10-4-3-5-11-19/h2,8-9,14H,1,3-7,10-13H2. The van der Waals surface area contributed by atoms with E-state index in [9.17, 15) is 0 Å². The van der Waals surface area contributed by atoms with Crippen LogP contribution in [0.2, 0.25) is 5.02 Å². The van der Waals surface area contributed by atoms with Crippen LogP contribution >= 0.6 is 11.6 Å². The van der Waals surface area contributed by atoms with Crippen molar-refractivity contribution >= 4 is 11.6 Å². The van der Waals surface area contributed by atoms with Gasteiger partial charge in [0.25, 0.3) is 0 Å². The minimum atomic E-state index is 0.752. The van der Waals surface area contributed by atoms with Gasteiger partial charge in [0.05, 0.1) is 6.61 Å². The molecule has 0 unspecified atom stereocenters. The molecule has 3 heteroatoms. The number of rotatable bonds is 7.